The van der Waals surface area contributed by atoms with Crippen LogP contribution in [0.15, 0.2) is 187 Å². The van der Waals surface area contributed by atoms with Crippen molar-refractivity contribution in [3.8, 4) is 22.4 Å². The fourth-order valence-corrected chi connectivity index (χ4v) is 11.3. The number of rotatable bonds is 4. The van der Waals surface area contributed by atoms with Crippen LogP contribution in [0.2, 0.25) is 0 Å². The van der Waals surface area contributed by atoms with Gasteiger partial charge in [-0.05, 0) is 146 Å². The molecule has 1 aliphatic rings. The highest BCUT2D eigenvalue weighted by Gasteiger charge is 2.36. The van der Waals surface area contributed by atoms with Crippen LogP contribution in [-0.4, -0.2) is 4.98 Å². The van der Waals surface area contributed by atoms with Crippen molar-refractivity contribution in [2.75, 3.05) is 4.90 Å². The number of aromatic nitrogens is 1. The van der Waals surface area contributed by atoms with Crippen LogP contribution in [0.3, 0.4) is 0 Å². The molecule has 0 unspecified atom stereocenters. The van der Waals surface area contributed by atoms with E-state index in [2.05, 4.69) is 188 Å². The maximum absolute atomic E-state index is 6.48. The van der Waals surface area contributed by atoms with Gasteiger partial charge in [0.05, 0.1) is 5.69 Å². The van der Waals surface area contributed by atoms with Crippen LogP contribution in [0.1, 0.15) is 25.0 Å². The van der Waals surface area contributed by atoms with E-state index < -0.39 is 0 Å². The van der Waals surface area contributed by atoms with Gasteiger partial charge >= 0.3 is 0 Å². The number of nitrogens with zero attached hydrogens (tertiary/aromatic N) is 2. The molecule has 0 spiro atoms. The van der Waals surface area contributed by atoms with Crippen LogP contribution in [0.5, 0.6) is 0 Å². The Morgan fingerprint density at radius 2 is 1.05 bits per heavy atom. The minimum absolute atomic E-state index is 0.145. The lowest BCUT2D eigenvalue weighted by Crippen LogP contribution is -2.16. The van der Waals surface area contributed by atoms with Gasteiger partial charge in [-0.15, -0.1) is 11.3 Å². The second kappa shape index (κ2) is 12.4. The van der Waals surface area contributed by atoms with Crippen molar-refractivity contribution in [1.82, 2.24) is 4.98 Å². The Hall–Kier alpha value is -7.27. The van der Waals surface area contributed by atoms with Crippen molar-refractivity contribution in [3.63, 3.8) is 0 Å². The lowest BCUT2D eigenvalue weighted by molar-refractivity contribution is 0.660. The number of furan rings is 1. The van der Waals surface area contributed by atoms with E-state index in [9.17, 15) is 0 Å². The number of benzene rings is 9. The average Bonchev–Trinajstić information content (AvgIpc) is 3.93. The summed E-state index contributed by atoms with van der Waals surface area (Å²) in [4.78, 5) is 7.10. The standard InChI is InChI=1S/C56H36N2OS/c1-56(2)49-15-7-5-13-40(49)41-23-20-36(30-50(41)56)58(35-21-25-53-47(29-35)46-27-33(18-24-52(46)59-53)51-16-9-10-26-57-51)34-19-22-39-37-11-3-4-12-38(37)45-32-55-48(31-44(45)43(39)28-34)42-14-6-8-17-54(42)60-55/h3-32H,1-2H3. The van der Waals surface area contributed by atoms with E-state index >= 15 is 0 Å². The van der Waals surface area contributed by atoms with Crippen LogP contribution in [0, 0.1) is 0 Å². The predicted molar refractivity (Wildman–Crippen MR) is 255 cm³/mol. The van der Waals surface area contributed by atoms with E-state index in [0.717, 1.165) is 50.3 Å². The Labute approximate surface area is 350 Å². The molecule has 1 aliphatic carbocycles. The van der Waals surface area contributed by atoms with Gasteiger partial charge < -0.3 is 9.32 Å². The van der Waals surface area contributed by atoms with Gasteiger partial charge in [0.1, 0.15) is 11.2 Å². The lowest BCUT2D eigenvalue weighted by atomic mass is 9.82. The third-order valence-corrected chi connectivity index (χ3v) is 14.2. The molecular weight excluding hydrogens is 749 g/mol. The largest absolute Gasteiger partial charge is 0.456 e. The molecule has 3 aromatic heterocycles. The molecule has 0 N–H and O–H groups in total. The van der Waals surface area contributed by atoms with Gasteiger partial charge in [0, 0.05) is 65.2 Å². The minimum atomic E-state index is -0.145. The molecule has 0 radical (unpaired) electrons. The maximum atomic E-state index is 6.48. The second-order valence-electron chi connectivity index (χ2n) is 16.7. The topological polar surface area (TPSA) is 29.3 Å². The van der Waals surface area contributed by atoms with Gasteiger partial charge in [-0.3, -0.25) is 4.98 Å². The van der Waals surface area contributed by atoms with E-state index in [1.165, 1.54) is 74.7 Å². The molecule has 0 fully saturated rings. The highest BCUT2D eigenvalue weighted by atomic mass is 32.1. The summed E-state index contributed by atoms with van der Waals surface area (Å²) in [6, 6.07) is 64.7. The SMILES string of the molecule is CC1(C)c2ccccc2-c2ccc(N(c3ccc4oc5ccc(-c6ccccn6)cc5c4c3)c3ccc4c5ccccc5c5cc6sc7ccccc7c6cc5c4c3)cc21. The summed E-state index contributed by atoms with van der Waals surface area (Å²) in [6.45, 7) is 4.72. The molecule has 3 nitrogen and oxygen atoms in total. The summed E-state index contributed by atoms with van der Waals surface area (Å²) >= 11 is 1.88. The number of hydrogen-bond donors (Lipinski definition) is 0. The van der Waals surface area contributed by atoms with Crippen molar-refractivity contribution >= 4 is 103 Å². The summed E-state index contributed by atoms with van der Waals surface area (Å²) < 4.78 is 9.12. The minimum Gasteiger partial charge on any atom is -0.456 e. The third kappa shape index (κ3) is 4.80. The van der Waals surface area contributed by atoms with Gasteiger partial charge in [-0.2, -0.15) is 0 Å². The highest BCUT2D eigenvalue weighted by Crippen LogP contribution is 2.51. The zero-order valence-corrected chi connectivity index (χ0v) is 33.8. The molecule has 0 bridgehead atoms. The van der Waals surface area contributed by atoms with Crippen LogP contribution in [0.4, 0.5) is 17.1 Å². The number of thiophene rings is 1. The fraction of sp³-hybridized carbons (Fsp3) is 0.0536. The number of anilines is 3. The Morgan fingerprint density at radius 1 is 0.433 bits per heavy atom. The molecule has 0 atom stereocenters. The predicted octanol–water partition coefficient (Wildman–Crippen LogP) is 16.3. The molecule has 60 heavy (non-hydrogen) atoms. The normalized spacial score (nSPS) is 13.3. The molecule has 13 rings (SSSR count). The van der Waals surface area contributed by atoms with Gasteiger partial charge in [-0.25, -0.2) is 0 Å². The average molecular weight is 785 g/mol. The summed E-state index contributed by atoms with van der Waals surface area (Å²) in [5.41, 5.74) is 12.2. The van der Waals surface area contributed by atoms with Crippen molar-refractivity contribution in [2.24, 2.45) is 0 Å². The van der Waals surface area contributed by atoms with Gasteiger partial charge in [0.2, 0.25) is 0 Å². The van der Waals surface area contributed by atoms with E-state index in [-0.39, 0.29) is 5.41 Å². The molecular formula is C56H36N2OS. The van der Waals surface area contributed by atoms with Crippen LogP contribution in [0.25, 0.3) is 96.8 Å². The molecule has 0 aliphatic heterocycles. The summed E-state index contributed by atoms with van der Waals surface area (Å²) in [5.74, 6) is 0. The van der Waals surface area contributed by atoms with E-state index in [1.54, 1.807) is 0 Å². The highest BCUT2D eigenvalue weighted by molar-refractivity contribution is 7.25. The molecule has 282 valence electrons. The van der Waals surface area contributed by atoms with Gasteiger partial charge in [0.15, 0.2) is 0 Å². The molecule has 3 heterocycles. The quantitative estimate of drug-likeness (QED) is 0.166. The first-order valence-corrected chi connectivity index (χ1v) is 21.4. The zero-order chi connectivity index (χ0) is 39.7. The smallest absolute Gasteiger partial charge is 0.135 e. The van der Waals surface area contributed by atoms with Crippen molar-refractivity contribution in [3.05, 3.63) is 193 Å². The third-order valence-electron chi connectivity index (χ3n) is 13.1. The molecule has 0 amide bonds. The summed E-state index contributed by atoms with van der Waals surface area (Å²) in [7, 11) is 0. The number of pyridine rings is 1. The Balaban J connectivity index is 1.08. The Bertz CT molecular complexity index is 3760. The summed E-state index contributed by atoms with van der Waals surface area (Å²) in [5, 5.41) is 12.4. The van der Waals surface area contributed by atoms with Crippen molar-refractivity contribution in [1.29, 1.82) is 0 Å². The summed E-state index contributed by atoms with van der Waals surface area (Å²) in [6.07, 6.45) is 1.85. The van der Waals surface area contributed by atoms with Crippen LogP contribution >= 0.6 is 11.3 Å². The van der Waals surface area contributed by atoms with E-state index in [4.69, 9.17) is 4.42 Å². The molecule has 0 saturated carbocycles. The van der Waals surface area contributed by atoms with E-state index in [1.807, 2.05) is 29.7 Å². The first-order chi connectivity index (χ1) is 29.5. The number of fused-ring (bicyclic) bond motifs is 15. The molecule has 9 aromatic carbocycles. The van der Waals surface area contributed by atoms with Crippen LogP contribution < -0.4 is 4.90 Å². The second-order valence-corrected chi connectivity index (χ2v) is 17.8. The van der Waals surface area contributed by atoms with Crippen molar-refractivity contribution < 1.29 is 4.42 Å². The first-order valence-electron chi connectivity index (χ1n) is 20.6. The van der Waals surface area contributed by atoms with Gasteiger partial charge in [0.25, 0.3) is 0 Å². The monoisotopic (exact) mass is 784 g/mol. The van der Waals surface area contributed by atoms with Crippen molar-refractivity contribution in [2.45, 2.75) is 19.3 Å². The first kappa shape index (κ1) is 33.7. The van der Waals surface area contributed by atoms with Crippen LogP contribution in [-0.2, 0) is 5.41 Å². The maximum Gasteiger partial charge on any atom is 0.135 e. The lowest BCUT2D eigenvalue weighted by Gasteiger charge is -2.28. The molecule has 4 heteroatoms. The fourth-order valence-electron chi connectivity index (χ4n) is 10.2. The molecule has 0 saturated heterocycles. The van der Waals surface area contributed by atoms with Gasteiger partial charge in [-0.1, -0.05) is 98.8 Å². The molecule has 12 aromatic rings. The van der Waals surface area contributed by atoms with E-state index in [0.29, 0.717) is 0 Å². The Morgan fingerprint density at radius 3 is 1.90 bits per heavy atom. The number of hydrogen-bond acceptors (Lipinski definition) is 4. The Kier molecular flexibility index (Phi) is 6.94. The zero-order valence-electron chi connectivity index (χ0n) is 33.0.